The third kappa shape index (κ3) is 4.87. The van der Waals surface area contributed by atoms with Gasteiger partial charge in [-0.2, -0.15) is 0 Å². The summed E-state index contributed by atoms with van der Waals surface area (Å²) in [6.07, 6.45) is 5.86. The van der Waals surface area contributed by atoms with Crippen LogP contribution in [0.3, 0.4) is 0 Å². The maximum Gasteiger partial charge on any atom is 1.00 e. The van der Waals surface area contributed by atoms with Crippen molar-refractivity contribution in [2.75, 3.05) is 6.54 Å². The minimum atomic E-state index is -1.04. The fourth-order valence-electron chi connectivity index (χ4n) is 8.95. The number of nitrogens with one attached hydrogen (secondary N) is 1. The number of aliphatic hydroxyl groups excluding tert-OH is 3. The zero-order valence-corrected chi connectivity index (χ0v) is 23.4. The van der Waals surface area contributed by atoms with E-state index in [0.717, 1.165) is 38.5 Å². The zero-order chi connectivity index (χ0) is 24.1. The summed E-state index contributed by atoms with van der Waals surface area (Å²) in [6, 6.07) is 0. The predicted octanol–water partition coefficient (Wildman–Crippen LogP) is -0.319. The summed E-state index contributed by atoms with van der Waals surface area (Å²) in [4.78, 5) is 22.7. The number of rotatable bonds is 6. The fourth-order valence-corrected chi connectivity index (χ4v) is 8.95. The summed E-state index contributed by atoms with van der Waals surface area (Å²) < 4.78 is 0. The second-order valence-corrected chi connectivity index (χ2v) is 12.2. The third-order valence-corrected chi connectivity index (χ3v) is 10.8. The molecule has 0 aliphatic heterocycles. The van der Waals surface area contributed by atoms with Crippen LogP contribution in [-0.2, 0) is 9.59 Å². The predicted molar refractivity (Wildman–Crippen MR) is 124 cm³/mol. The molecular formula is C26H44NNaO6. The van der Waals surface area contributed by atoms with Gasteiger partial charge in [-0.25, -0.2) is 0 Å². The third-order valence-electron chi connectivity index (χ3n) is 10.8. The first kappa shape index (κ1) is 28.4. The Morgan fingerprint density at radius 2 is 1.76 bits per heavy atom. The van der Waals surface area contributed by atoms with E-state index in [0.29, 0.717) is 25.2 Å². The van der Waals surface area contributed by atoms with Crippen molar-refractivity contribution >= 4 is 11.9 Å². The van der Waals surface area contributed by atoms with E-state index in [4.69, 9.17) is 5.11 Å². The molecule has 4 saturated carbocycles. The Hall–Kier alpha value is -0.180. The van der Waals surface area contributed by atoms with Crippen LogP contribution in [0.5, 0.6) is 0 Å². The summed E-state index contributed by atoms with van der Waals surface area (Å²) in [5.41, 5.74) is -0.214. The molecule has 4 aliphatic rings. The fraction of sp³-hybridized carbons (Fsp3) is 0.923. The first-order valence-electron chi connectivity index (χ1n) is 13.0. The van der Waals surface area contributed by atoms with Crippen molar-refractivity contribution in [3.8, 4) is 0 Å². The summed E-state index contributed by atoms with van der Waals surface area (Å²) in [5, 5.41) is 44.4. The molecule has 1 amide bonds. The van der Waals surface area contributed by atoms with E-state index in [1.54, 1.807) is 0 Å². The van der Waals surface area contributed by atoms with Crippen molar-refractivity contribution in [1.29, 1.82) is 0 Å². The largest absolute Gasteiger partial charge is 1.00 e. The molecular weight excluding hydrogens is 445 g/mol. The van der Waals surface area contributed by atoms with E-state index in [1.165, 1.54) is 0 Å². The van der Waals surface area contributed by atoms with Crippen LogP contribution >= 0.6 is 0 Å². The minimum absolute atomic E-state index is 0. The quantitative estimate of drug-likeness (QED) is 0.326. The number of carboxylic acid groups (broad SMARTS) is 1. The Bertz CT molecular complexity index is 772. The molecule has 4 aliphatic carbocycles. The molecule has 0 aromatic heterocycles. The Morgan fingerprint density at radius 1 is 1.06 bits per heavy atom. The molecule has 8 heteroatoms. The average Bonchev–Trinajstić information content (AvgIpc) is 3.11. The molecule has 0 bridgehead atoms. The van der Waals surface area contributed by atoms with Crippen LogP contribution in [0.4, 0.5) is 0 Å². The van der Waals surface area contributed by atoms with Crippen LogP contribution in [0.1, 0.15) is 80.0 Å². The summed E-state index contributed by atoms with van der Waals surface area (Å²) in [7, 11) is 0. The summed E-state index contributed by atoms with van der Waals surface area (Å²) in [5.74, 6) is 0.265. The molecule has 5 N–H and O–H groups in total. The standard InChI is InChI=1S/C26H43NO6.Na.H/c1-14(4-7-22(31)27-13-23(32)33)17-5-6-18-24-19(12-21(30)26(17,18)3)25(2)9-8-16(28)10-15(25)11-20(24)29;;/h14-21,24,28-30H,4-13H2,1-3H3,(H,27,31)(H,32,33);;/q;+1;-1/t14-,15+,16-,17-,18+,19+,20-,21+,24+,25+,26-;;/m1../s1. The van der Waals surface area contributed by atoms with Gasteiger partial charge in [0.05, 0.1) is 18.3 Å². The van der Waals surface area contributed by atoms with Gasteiger partial charge in [0, 0.05) is 6.42 Å². The topological polar surface area (TPSA) is 127 Å². The molecule has 7 nitrogen and oxygen atoms in total. The van der Waals surface area contributed by atoms with Gasteiger partial charge in [0.2, 0.25) is 5.91 Å². The summed E-state index contributed by atoms with van der Waals surface area (Å²) >= 11 is 0. The normalized spacial score (nSPS) is 46.3. The maximum absolute atomic E-state index is 12.0. The molecule has 4 rings (SSSR count). The first-order valence-corrected chi connectivity index (χ1v) is 13.0. The maximum atomic E-state index is 12.0. The van der Waals surface area contributed by atoms with E-state index >= 15 is 0 Å². The smallest absolute Gasteiger partial charge is 1.00 e. The number of fused-ring (bicyclic) bond motifs is 5. The second-order valence-electron chi connectivity index (χ2n) is 12.2. The number of carbonyl (C=O) groups is 2. The van der Waals surface area contributed by atoms with Crippen molar-refractivity contribution in [3.63, 3.8) is 0 Å². The minimum Gasteiger partial charge on any atom is -1.00 e. The van der Waals surface area contributed by atoms with Crippen molar-refractivity contribution in [2.24, 2.45) is 46.3 Å². The van der Waals surface area contributed by atoms with Crippen molar-refractivity contribution in [2.45, 2.75) is 96.9 Å². The number of carbonyl (C=O) groups excluding carboxylic acids is 1. The second kappa shape index (κ2) is 10.7. The van der Waals surface area contributed by atoms with Crippen LogP contribution in [0.25, 0.3) is 0 Å². The molecule has 190 valence electrons. The molecule has 0 heterocycles. The zero-order valence-electron chi connectivity index (χ0n) is 22.4. The van der Waals surface area contributed by atoms with Gasteiger partial charge in [-0.05, 0) is 97.7 Å². The average molecular weight is 490 g/mol. The van der Waals surface area contributed by atoms with Crippen LogP contribution in [0.2, 0.25) is 0 Å². The Labute approximate surface area is 227 Å². The number of hydrogen-bond donors (Lipinski definition) is 5. The first-order chi connectivity index (χ1) is 15.5. The van der Waals surface area contributed by atoms with Gasteiger partial charge in [-0.1, -0.05) is 20.8 Å². The molecule has 34 heavy (non-hydrogen) atoms. The molecule has 0 aromatic carbocycles. The molecule has 0 unspecified atom stereocenters. The number of hydrogen-bond acceptors (Lipinski definition) is 5. The molecule has 11 atom stereocenters. The number of aliphatic carboxylic acids is 1. The Kier molecular flexibility index (Phi) is 8.91. The van der Waals surface area contributed by atoms with E-state index in [1.807, 2.05) is 0 Å². The molecule has 0 saturated heterocycles. The van der Waals surface area contributed by atoms with Gasteiger partial charge in [0.1, 0.15) is 6.54 Å². The van der Waals surface area contributed by atoms with Crippen LogP contribution < -0.4 is 34.9 Å². The van der Waals surface area contributed by atoms with Crippen LogP contribution in [-0.4, -0.2) is 57.2 Å². The monoisotopic (exact) mass is 489 g/mol. The van der Waals surface area contributed by atoms with E-state index in [2.05, 4.69) is 26.1 Å². The molecule has 4 fully saturated rings. The number of amides is 1. The SMILES string of the molecule is C[C@H](CCC(=O)NCC(=O)O)[C@H]1CC[C@H]2[C@@H]3[C@H](O)C[C@@H]4C[C@H](O)CC[C@]4(C)[C@H]3C[C@H](O)[C@]12C.[H-].[Na+]. The van der Waals surface area contributed by atoms with Gasteiger partial charge in [0.15, 0.2) is 0 Å². The van der Waals surface area contributed by atoms with Gasteiger partial charge in [-0.15, -0.1) is 0 Å². The summed E-state index contributed by atoms with van der Waals surface area (Å²) in [6.45, 7) is 6.35. The van der Waals surface area contributed by atoms with Gasteiger partial charge >= 0.3 is 35.5 Å². The van der Waals surface area contributed by atoms with Gasteiger partial charge < -0.3 is 27.2 Å². The van der Waals surface area contributed by atoms with Crippen LogP contribution in [0, 0.1) is 46.3 Å². The molecule has 0 spiro atoms. The number of carboxylic acids is 1. The molecule has 0 aromatic rings. The van der Waals surface area contributed by atoms with Crippen LogP contribution in [0.15, 0.2) is 0 Å². The van der Waals surface area contributed by atoms with Gasteiger partial charge in [-0.3, -0.25) is 9.59 Å². The Balaban J connectivity index is 0.00000216. The van der Waals surface area contributed by atoms with E-state index in [9.17, 15) is 24.9 Å². The van der Waals surface area contributed by atoms with E-state index < -0.39 is 12.1 Å². The van der Waals surface area contributed by atoms with Gasteiger partial charge in [0.25, 0.3) is 0 Å². The van der Waals surface area contributed by atoms with E-state index in [-0.39, 0.29) is 96.1 Å². The van der Waals surface area contributed by atoms with Crippen molar-refractivity contribution in [1.82, 2.24) is 5.32 Å². The Morgan fingerprint density at radius 3 is 2.44 bits per heavy atom. The van der Waals surface area contributed by atoms with Crippen molar-refractivity contribution < 1.29 is 61.0 Å². The number of aliphatic hydroxyl groups is 3. The molecule has 0 radical (unpaired) electrons. The van der Waals surface area contributed by atoms with Crippen molar-refractivity contribution in [3.05, 3.63) is 0 Å².